The second-order valence-electron chi connectivity index (χ2n) is 2.01. The zero-order valence-electron chi connectivity index (χ0n) is 5.34. The lowest BCUT2D eigenvalue weighted by Crippen LogP contribution is -2.21. The van der Waals surface area contributed by atoms with Crippen LogP contribution >= 0.6 is 82.6 Å². The normalized spacial score (nSPS) is 18.0. The zero-order chi connectivity index (χ0) is 9.07. The molecule has 0 aliphatic carbocycles. The van der Waals surface area contributed by atoms with E-state index in [4.69, 9.17) is 34.8 Å². The predicted molar refractivity (Wildman–Crippen MR) is 64.1 cm³/mol. The van der Waals surface area contributed by atoms with E-state index < -0.39 is 3.79 Å². The summed E-state index contributed by atoms with van der Waals surface area (Å²) in [6.07, 6.45) is 0.485. The van der Waals surface area contributed by atoms with Crippen molar-refractivity contribution in [3.05, 3.63) is 0 Å². The zero-order valence-corrected chi connectivity index (χ0v) is 12.4. The highest BCUT2D eigenvalue weighted by Crippen LogP contribution is 2.36. The largest absolute Gasteiger partial charge is 0.191 e. The first-order valence-corrected chi connectivity index (χ1v) is 6.86. The standard InChI is InChI=1S/C5H6Br3Cl3/c6-2-4(8)3(7)1-5(9,10)11/h3-4H,1-2H2. The van der Waals surface area contributed by atoms with E-state index in [0.29, 0.717) is 6.42 Å². The summed E-state index contributed by atoms with van der Waals surface area (Å²) in [5, 5.41) is 0.823. The molecule has 68 valence electrons. The Labute approximate surface area is 107 Å². The molecule has 0 fully saturated rings. The van der Waals surface area contributed by atoms with Crippen LogP contribution in [0.5, 0.6) is 0 Å². The fourth-order valence-corrected chi connectivity index (χ4v) is 3.32. The molecule has 11 heavy (non-hydrogen) atoms. The summed E-state index contributed by atoms with van der Waals surface area (Å²) in [6, 6.07) is 0. The predicted octanol–water partition coefficient (Wildman–Crippen LogP) is 4.67. The minimum atomic E-state index is -1.18. The van der Waals surface area contributed by atoms with E-state index in [2.05, 4.69) is 47.8 Å². The molecule has 0 nitrogen and oxygen atoms in total. The molecule has 2 atom stereocenters. The molecule has 0 spiro atoms. The van der Waals surface area contributed by atoms with Crippen LogP contribution in [0.4, 0.5) is 0 Å². The molecule has 0 saturated carbocycles. The van der Waals surface area contributed by atoms with Crippen molar-refractivity contribution in [3.63, 3.8) is 0 Å². The lowest BCUT2D eigenvalue weighted by atomic mass is 10.3. The average Bonchev–Trinajstić information content (AvgIpc) is 1.82. The molecule has 6 heteroatoms. The fourth-order valence-electron chi connectivity index (χ4n) is 0.446. The molecule has 0 aliphatic rings. The molecule has 0 aromatic carbocycles. The summed E-state index contributed by atoms with van der Waals surface area (Å²) in [5.41, 5.74) is 0. The minimum Gasteiger partial charge on any atom is -0.0916 e. The number of hydrogen-bond donors (Lipinski definition) is 0. The van der Waals surface area contributed by atoms with E-state index in [1.165, 1.54) is 0 Å². The SMILES string of the molecule is ClC(Cl)(Cl)CC(Br)C(Br)CBr. The van der Waals surface area contributed by atoms with Crippen LogP contribution in [0.25, 0.3) is 0 Å². The second kappa shape index (κ2) is 5.92. The highest BCUT2D eigenvalue weighted by atomic mass is 79.9. The van der Waals surface area contributed by atoms with Gasteiger partial charge in [-0.3, -0.25) is 0 Å². The molecule has 0 N–H and O–H groups in total. The third kappa shape index (κ3) is 7.39. The molecular formula is C5H6Br3Cl3. The minimum absolute atomic E-state index is 0.161. The Kier molecular flexibility index (Phi) is 7.16. The monoisotopic (exact) mass is 408 g/mol. The highest BCUT2D eigenvalue weighted by molar-refractivity contribution is 9.13. The van der Waals surface area contributed by atoms with Gasteiger partial charge in [-0.2, -0.15) is 0 Å². The van der Waals surface area contributed by atoms with Crippen LogP contribution in [0.15, 0.2) is 0 Å². The van der Waals surface area contributed by atoms with E-state index in [0.717, 1.165) is 5.33 Å². The Bertz CT molecular complexity index is 114. The summed E-state index contributed by atoms with van der Waals surface area (Å²) in [5.74, 6) is 0. The van der Waals surface area contributed by atoms with Crippen molar-refractivity contribution in [2.45, 2.75) is 19.9 Å². The Balaban J connectivity index is 3.77. The van der Waals surface area contributed by atoms with Gasteiger partial charge in [0.15, 0.2) is 3.79 Å². The third-order valence-electron chi connectivity index (χ3n) is 0.966. The fraction of sp³-hybridized carbons (Fsp3) is 1.00. The molecule has 0 aromatic rings. The van der Waals surface area contributed by atoms with Gasteiger partial charge in [0.2, 0.25) is 0 Å². The maximum absolute atomic E-state index is 5.59. The lowest BCUT2D eigenvalue weighted by molar-refractivity contribution is 0.792. The van der Waals surface area contributed by atoms with Crippen LogP contribution in [-0.2, 0) is 0 Å². The quantitative estimate of drug-likeness (QED) is 0.592. The van der Waals surface area contributed by atoms with Gasteiger partial charge in [-0.15, -0.1) is 0 Å². The average molecular weight is 412 g/mol. The van der Waals surface area contributed by atoms with Crippen LogP contribution in [0.3, 0.4) is 0 Å². The smallest absolute Gasteiger partial charge is 0.0916 e. The summed E-state index contributed by atoms with van der Waals surface area (Å²) in [7, 11) is 0. The van der Waals surface area contributed by atoms with Gasteiger partial charge in [-0.1, -0.05) is 82.6 Å². The summed E-state index contributed by atoms with van der Waals surface area (Å²) in [4.78, 5) is 0.437. The molecule has 0 bridgehead atoms. The Morgan fingerprint density at radius 3 is 1.82 bits per heavy atom. The van der Waals surface area contributed by atoms with Gasteiger partial charge >= 0.3 is 0 Å². The summed E-state index contributed by atoms with van der Waals surface area (Å²) in [6.45, 7) is 0. The lowest BCUT2D eigenvalue weighted by Gasteiger charge is -2.18. The van der Waals surface area contributed by atoms with Gasteiger partial charge in [-0.05, 0) is 0 Å². The van der Waals surface area contributed by atoms with Crippen LogP contribution in [0.2, 0.25) is 0 Å². The molecule has 0 aromatic heterocycles. The van der Waals surface area contributed by atoms with Crippen LogP contribution in [0.1, 0.15) is 6.42 Å². The molecule has 0 rings (SSSR count). The maximum atomic E-state index is 5.59. The third-order valence-corrected chi connectivity index (χ3v) is 5.63. The number of rotatable bonds is 3. The van der Waals surface area contributed by atoms with Gasteiger partial charge in [0.1, 0.15) is 0 Å². The van der Waals surface area contributed by atoms with E-state index in [1.54, 1.807) is 0 Å². The van der Waals surface area contributed by atoms with Crippen LogP contribution in [0, 0.1) is 0 Å². The first-order chi connectivity index (χ1) is 4.87. The van der Waals surface area contributed by atoms with Crippen molar-refractivity contribution < 1.29 is 0 Å². The molecule has 0 amide bonds. The second-order valence-corrected chi connectivity index (χ2v) is 7.52. The molecule has 0 radical (unpaired) electrons. The van der Waals surface area contributed by atoms with Gasteiger partial charge < -0.3 is 0 Å². The van der Waals surface area contributed by atoms with Crippen LogP contribution < -0.4 is 0 Å². The van der Waals surface area contributed by atoms with Crippen LogP contribution in [-0.4, -0.2) is 18.8 Å². The van der Waals surface area contributed by atoms with Crippen molar-refractivity contribution >= 4 is 82.6 Å². The summed E-state index contributed by atoms with van der Waals surface area (Å²) >= 11 is 26.9. The van der Waals surface area contributed by atoms with E-state index in [1.807, 2.05) is 0 Å². The Hall–Kier alpha value is 2.31. The summed E-state index contributed by atoms with van der Waals surface area (Å²) < 4.78 is -1.18. The number of halogens is 6. The first kappa shape index (κ1) is 13.3. The van der Waals surface area contributed by atoms with E-state index in [9.17, 15) is 0 Å². The van der Waals surface area contributed by atoms with Crippen molar-refractivity contribution in [2.24, 2.45) is 0 Å². The molecule has 0 saturated heterocycles. The topological polar surface area (TPSA) is 0 Å². The van der Waals surface area contributed by atoms with Crippen molar-refractivity contribution in [1.82, 2.24) is 0 Å². The Morgan fingerprint density at radius 2 is 1.55 bits per heavy atom. The Morgan fingerprint density at radius 1 is 1.09 bits per heavy atom. The maximum Gasteiger partial charge on any atom is 0.191 e. The highest BCUT2D eigenvalue weighted by Gasteiger charge is 2.27. The van der Waals surface area contributed by atoms with Gasteiger partial charge in [-0.25, -0.2) is 0 Å². The van der Waals surface area contributed by atoms with Crippen molar-refractivity contribution in [3.8, 4) is 0 Å². The number of hydrogen-bond acceptors (Lipinski definition) is 0. The molecule has 0 aliphatic heterocycles. The van der Waals surface area contributed by atoms with E-state index >= 15 is 0 Å². The number of alkyl halides is 6. The van der Waals surface area contributed by atoms with Gasteiger partial charge in [0, 0.05) is 21.4 Å². The van der Waals surface area contributed by atoms with E-state index in [-0.39, 0.29) is 9.65 Å². The van der Waals surface area contributed by atoms with Gasteiger partial charge in [0.25, 0.3) is 0 Å². The molecular weight excluding hydrogens is 406 g/mol. The van der Waals surface area contributed by atoms with Crippen molar-refractivity contribution in [2.75, 3.05) is 5.33 Å². The van der Waals surface area contributed by atoms with Gasteiger partial charge in [0.05, 0.1) is 0 Å². The van der Waals surface area contributed by atoms with Crippen molar-refractivity contribution in [1.29, 1.82) is 0 Å². The molecule has 2 unspecified atom stereocenters. The molecule has 0 heterocycles. The first-order valence-electron chi connectivity index (χ1n) is 2.77.